The highest BCUT2D eigenvalue weighted by Gasteiger charge is 2.39. The van der Waals surface area contributed by atoms with Crippen LogP contribution >= 0.6 is 0 Å². The Morgan fingerprint density at radius 2 is 1.84 bits per heavy atom. The molecular weight excluding hydrogens is 388 g/mol. The van der Waals surface area contributed by atoms with Crippen molar-refractivity contribution >= 4 is 11.8 Å². The molecule has 2 atom stereocenters. The predicted molar refractivity (Wildman–Crippen MR) is 125 cm³/mol. The average molecular weight is 431 g/mol. The first-order valence-corrected chi connectivity index (χ1v) is 12.2. The highest BCUT2D eigenvalue weighted by atomic mass is 16.2. The van der Waals surface area contributed by atoms with Crippen LogP contribution in [0.15, 0.2) is 18.3 Å². The van der Waals surface area contributed by atoms with Crippen molar-refractivity contribution in [1.29, 1.82) is 0 Å². The number of aromatic nitrogens is 1. The van der Waals surface area contributed by atoms with Crippen molar-refractivity contribution in [3.8, 4) is 0 Å². The number of nitrogens with one attached hydrogen (secondary N) is 1. The maximum atomic E-state index is 13.6. The molecule has 6 heteroatoms. The Labute approximate surface area is 188 Å². The van der Waals surface area contributed by atoms with E-state index in [1.807, 2.05) is 9.80 Å². The van der Waals surface area contributed by atoms with Crippen molar-refractivity contribution in [1.82, 2.24) is 19.7 Å². The third-order valence-corrected chi connectivity index (χ3v) is 6.86. The van der Waals surface area contributed by atoms with Crippen LogP contribution in [0.5, 0.6) is 0 Å². The lowest BCUT2D eigenvalue weighted by molar-refractivity contribution is -0.150. The minimum atomic E-state index is -0.325. The van der Waals surface area contributed by atoms with Crippen molar-refractivity contribution < 1.29 is 9.59 Å². The van der Waals surface area contributed by atoms with E-state index >= 15 is 0 Å². The van der Waals surface area contributed by atoms with Gasteiger partial charge in [-0.1, -0.05) is 27.7 Å². The number of hydrogen-bond acceptors (Lipinski definition) is 3. The van der Waals surface area contributed by atoms with Gasteiger partial charge in [0.25, 0.3) is 0 Å². The van der Waals surface area contributed by atoms with E-state index in [0.717, 1.165) is 51.7 Å². The van der Waals surface area contributed by atoms with E-state index in [1.54, 1.807) is 0 Å². The first-order chi connectivity index (χ1) is 14.8. The predicted octanol–water partition coefficient (Wildman–Crippen LogP) is 3.07. The summed E-state index contributed by atoms with van der Waals surface area (Å²) in [5.74, 6) is 1.71. The van der Waals surface area contributed by atoms with Crippen molar-refractivity contribution in [2.24, 2.45) is 24.8 Å². The molecule has 2 fully saturated rings. The summed E-state index contributed by atoms with van der Waals surface area (Å²) < 4.78 is 2.19. The fourth-order valence-electron chi connectivity index (χ4n) is 5.10. The van der Waals surface area contributed by atoms with Gasteiger partial charge in [-0.15, -0.1) is 0 Å². The molecule has 0 bridgehead atoms. The van der Waals surface area contributed by atoms with Gasteiger partial charge in [0.15, 0.2) is 0 Å². The minimum Gasteiger partial charge on any atom is -0.354 e. The molecule has 2 aliphatic rings. The van der Waals surface area contributed by atoms with Gasteiger partial charge < -0.3 is 19.7 Å². The Hall–Kier alpha value is -1.82. The van der Waals surface area contributed by atoms with Crippen LogP contribution in [0.25, 0.3) is 0 Å². The number of nitrogens with zero attached hydrogens (tertiary/aromatic N) is 3. The molecule has 0 aliphatic carbocycles. The van der Waals surface area contributed by atoms with Crippen molar-refractivity contribution in [2.75, 3.05) is 26.2 Å². The van der Waals surface area contributed by atoms with Crippen LogP contribution < -0.4 is 5.32 Å². The number of amides is 2. The molecule has 3 rings (SSSR count). The summed E-state index contributed by atoms with van der Waals surface area (Å²) >= 11 is 0. The molecule has 174 valence electrons. The number of aryl methyl sites for hydroxylation is 1. The second-order valence-electron chi connectivity index (χ2n) is 10.4. The van der Waals surface area contributed by atoms with Gasteiger partial charge in [-0.2, -0.15) is 0 Å². The fraction of sp³-hybridized carbons (Fsp3) is 0.760. The summed E-state index contributed by atoms with van der Waals surface area (Å²) in [7, 11) is 2.10. The molecule has 1 aromatic rings. The third kappa shape index (κ3) is 6.12. The second kappa shape index (κ2) is 10.7. The molecule has 0 spiro atoms. The standard InChI is InChI=1S/C25H42N4O2/c1-18(2)15-22-24(30)29(14-10-26-22)23(16-19(3)4)25(31)28-12-8-20(9-13-28)17-21-7-6-11-27(21)5/h6-7,11,18-20,22-23,26H,8-10,12-17H2,1-5H3/t22-,23-/m0/s1. The summed E-state index contributed by atoms with van der Waals surface area (Å²) in [4.78, 5) is 30.7. The number of carbonyl (C=O) groups excluding carboxylic acids is 2. The Balaban J connectivity index is 1.63. The van der Waals surface area contributed by atoms with Crippen LogP contribution in [0, 0.1) is 17.8 Å². The second-order valence-corrected chi connectivity index (χ2v) is 10.4. The molecule has 0 aromatic carbocycles. The third-order valence-electron chi connectivity index (χ3n) is 6.86. The van der Waals surface area contributed by atoms with Crippen LogP contribution in [-0.4, -0.2) is 64.4 Å². The SMILES string of the molecule is CC(C)C[C@@H]1NCCN([C@@H](CC(C)C)C(=O)N2CCC(Cc3cccn3C)CC2)C1=O. The number of carbonyl (C=O) groups is 2. The van der Waals surface area contributed by atoms with Crippen LogP contribution in [0.4, 0.5) is 0 Å². The van der Waals surface area contributed by atoms with Gasteiger partial charge in [-0.3, -0.25) is 9.59 Å². The Morgan fingerprint density at radius 1 is 1.13 bits per heavy atom. The number of rotatable bonds is 8. The zero-order valence-electron chi connectivity index (χ0n) is 20.1. The molecule has 31 heavy (non-hydrogen) atoms. The maximum Gasteiger partial charge on any atom is 0.245 e. The van der Waals surface area contributed by atoms with Gasteiger partial charge in [-0.25, -0.2) is 0 Å². The lowest BCUT2D eigenvalue weighted by atomic mass is 9.91. The number of likely N-dealkylation sites (tertiary alicyclic amines) is 1. The highest BCUT2D eigenvalue weighted by molar-refractivity contribution is 5.90. The van der Waals surface area contributed by atoms with Crippen molar-refractivity contribution in [3.05, 3.63) is 24.0 Å². The first-order valence-electron chi connectivity index (χ1n) is 12.2. The summed E-state index contributed by atoms with van der Waals surface area (Å²) in [5, 5.41) is 3.37. The molecule has 0 unspecified atom stereocenters. The number of piperidine rings is 1. The largest absolute Gasteiger partial charge is 0.354 e. The molecule has 2 aliphatic heterocycles. The van der Waals surface area contributed by atoms with Crippen molar-refractivity contribution in [2.45, 2.75) is 71.9 Å². The van der Waals surface area contributed by atoms with Crippen LogP contribution in [0.1, 0.15) is 59.1 Å². The summed E-state index contributed by atoms with van der Waals surface area (Å²) in [6, 6.07) is 3.81. The van der Waals surface area contributed by atoms with Crippen molar-refractivity contribution in [3.63, 3.8) is 0 Å². The molecule has 3 heterocycles. The molecule has 0 saturated carbocycles. The molecule has 1 N–H and O–H groups in total. The van der Waals surface area contributed by atoms with Gasteiger partial charge in [0.2, 0.25) is 11.8 Å². The highest BCUT2D eigenvalue weighted by Crippen LogP contribution is 2.25. The smallest absolute Gasteiger partial charge is 0.245 e. The zero-order chi connectivity index (χ0) is 22.5. The molecular formula is C25H42N4O2. The van der Waals surface area contributed by atoms with E-state index in [2.05, 4.69) is 63.0 Å². The molecule has 0 radical (unpaired) electrons. The molecule has 2 saturated heterocycles. The number of hydrogen-bond donors (Lipinski definition) is 1. The normalized spacial score (nSPS) is 21.9. The Morgan fingerprint density at radius 3 is 2.42 bits per heavy atom. The fourth-order valence-corrected chi connectivity index (χ4v) is 5.10. The Bertz CT molecular complexity index is 734. The lowest BCUT2D eigenvalue weighted by Gasteiger charge is -2.42. The maximum absolute atomic E-state index is 13.6. The Kier molecular flexibility index (Phi) is 8.20. The van der Waals surface area contributed by atoms with Crippen LogP contribution in [-0.2, 0) is 23.1 Å². The summed E-state index contributed by atoms with van der Waals surface area (Å²) in [6.07, 6.45) is 6.81. The first kappa shape index (κ1) is 23.8. The zero-order valence-corrected chi connectivity index (χ0v) is 20.1. The van der Waals surface area contributed by atoms with E-state index in [0.29, 0.717) is 24.3 Å². The minimum absolute atomic E-state index is 0.109. The number of piperazine rings is 1. The topological polar surface area (TPSA) is 57.6 Å². The monoisotopic (exact) mass is 430 g/mol. The van der Waals surface area contributed by atoms with Gasteiger partial charge in [0, 0.05) is 45.1 Å². The van der Waals surface area contributed by atoms with Gasteiger partial charge in [0.05, 0.1) is 6.04 Å². The molecule has 1 aromatic heterocycles. The van der Waals surface area contributed by atoms with E-state index < -0.39 is 0 Å². The van der Waals surface area contributed by atoms with Crippen LogP contribution in [0.2, 0.25) is 0 Å². The average Bonchev–Trinajstić information content (AvgIpc) is 3.12. The molecule has 6 nitrogen and oxygen atoms in total. The van der Waals surface area contributed by atoms with E-state index in [9.17, 15) is 9.59 Å². The van der Waals surface area contributed by atoms with Gasteiger partial charge >= 0.3 is 0 Å². The van der Waals surface area contributed by atoms with E-state index in [-0.39, 0.29) is 23.9 Å². The molecule has 2 amide bonds. The van der Waals surface area contributed by atoms with Gasteiger partial charge in [-0.05, 0) is 62.0 Å². The quantitative estimate of drug-likeness (QED) is 0.690. The van der Waals surface area contributed by atoms with E-state index in [4.69, 9.17) is 0 Å². The van der Waals surface area contributed by atoms with Gasteiger partial charge in [0.1, 0.15) is 6.04 Å². The van der Waals surface area contributed by atoms with E-state index in [1.165, 1.54) is 5.69 Å². The summed E-state index contributed by atoms with van der Waals surface area (Å²) in [5.41, 5.74) is 1.37. The summed E-state index contributed by atoms with van der Waals surface area (Å²) in [6.45, 7) is 11.6. The lowest BCUT2D eigenvalue weighted by Crippen LogP contribution is -2.62. The van der Waals surface area contributed by atoms with Crippen LogP contribution in [0.3, 0.4) is 0 Å².